The minimum absolute atomic E-state index is 0.0461. The summed E-state index contributed by atoms with van der Waals surface area (Å²) in [7, 11) is -1.90. The average molecular weight is 417 g/mol. The number of sulfonamides is 1. The molecule has 1 aliphatic rings. The third-order valence-electron chi connectivity index (χ3n) is 6.45. The molecule has 0 aromatic heterocycles. The molecule has 2 aromatic rings. The minimum Gasteiger partial charge on any atom is -0.497 e. The Morgan fingerprint density at radius 1 is 0.862 bits per heavy atom. The fourth-order valence-corrected chi connectivity index (χ4v) is 6.10. The lowest BCUT2D eigenvalue weighted by Gasteiger charge is -2.34. The minimum atomic E-state index is -3.56. The van der Waals surface area contributed by atoms with Crippen LogP contribution in [0.3, 0.4) is 0 Å². The van der Waals surface area contributed by atoms with Crippen LogP contribution in [0, 0.1) is 34.6 Å². The van der Waals surface area contributed by atoms with Gasteiger partial charge >= 0.3 is 0 Å². The van der Waals surface area contributed by atoms with Crippen LogP contribution in [0.25, 0.3) is 0 Å². The van der Waals surface area contributed by atoms with E-state index >= 15 is 0 Å². The summed E-state index contributed by atoms with van der Waals surface area (Å²) in [5.41, 5.74) is 6.14. The van der Waals surface area contributed by atoms with Gasteiger partial charge in [-0.3, -0.25) is 0 Å². The Hall–Kier alpha value is -2.05. The molecule has 0 aliphatic carbocycles. The van der Waals surface area contributed by atoms with Crippen LogP contribution in [0.1, 0.15) is 40.7 Å². The number of nitrogens with zero attached hydrogens (tertiary/aromatic N) is 1. The molecule has 1 fully saturated rings. The van der Waals surface area contributed by atoms with Crippen LogP contribution in [0.2, 0.25) is 0 Å². The van der Waals surface area contributed by atoms with Gasteiger partial charge in [0.1, 0.15) is 5.75 Å². The highest BCUT2D eigenvalue weighted by atomic mass is 32.2. The van der Waals surface area contributed by atoms with Crippen molar-refractivity contribution in [2.45, 2.75) is 58.4 Å². The molecule has 2 aromatic carbocycles. The number of rotatable bonds is 5. The first-order valence-electron chi connectivity index (χ1n) is 10.1. The molecule has 0 amide bonds. The number of nitrogens with one attached hydrogen (secondary N) is 1. The van der Waals surface area contributed by atoms with E-state index in [0.717, 1.165) is 59.6 Å². The van der Waals surface area contributed by atoms with E-state index in [1.807, 2.05) is 52.0 Å². The van der Waals surface area contributed by atoms with Crippen LogP contribution in [0.5, 0.6) is 5.75 Å². The number of ether oxygens (including phenoxy) is 1. The largest absolute Gasteiger partial charge is 0.497 e. The van der Waals surface area contributed by atoms with Gasteiger partial charge in [0.15, 0.2) is 0 Å². The standard InChI is InChI=1S/C23H32N2O3S/c1-15-16(2)18(4)23(19(5)17(15)3)29(26,27)24-20-11-13-25(14-12-20)21-7-9-22(28-6)10-8-21/h7-10,20,24H,11-14H2,1-6H3. The Labute approximate surface area is 175 Å². The van der Waals surface area contributed by atoms with Crippen LogP contribution in [-0.2, 0) is 10.0 Å². The Kier molecular flexibility index (Phi) is 6.24. The third-order valence-corrected chi connectivity index (χ3v) is 8.25. The zero-order valence-electron chi connectivity index (χ0n) is 18.3. The predicted octanol–water partition coefficient (Wildman–Crippen LogP) is 4.18. The molecule has 6 heteroatoms. The summed E-state index contributed by atoms with van der Waals surface area (Å²) >= 11 is 0. The van der Waals surface area contributed by atoms with E-state index in [9.17, 15) is 8.42 Å². The number of anilines is 1. The summed E-state index contributed by atoms with van der Waals surface area (Å²) in [5.74, 6) is 0.839. The van der Waals surface area contributed by atoms with Crippen molar-refractivity contribution in [3.8, 4) is 5.75 Å². The first-order chi connectivity index (χ1) is 13.7. The second kappa shape index (κ2) is 8.36. The van der Waals surface area contributed by atoms with Gasteiger partial charge in [0, 0.05) is 24.8 Å². The lowest BCUT2D eigenvalue weighted by Crippen LogP contribution is -2.45. The summed E-state index contributed by atoms with van der Waals surface area (Å²) in [6, 6.07) is 7.97. The zero-order valence-corrected chi connectivity index (χ0v) is 19.1. The average Bonchev–Trinajstić information content (AvgIpc) is 2.71. The number of hydrogen-bond donors (Lipinski definition) is 1. The van der Waals surface area contributed by atoms with Gasteiger partial charge in [-0.15, -0.1) is 0 Å². The molecule has 0 atom stereocenters. The molecule has 1 heterocycles. The van der Waals surface area contributed by atoms with Crippen molar-refractivity contribution in [3.63, 3.8) is 0 Å². The fourth-order valence-electron chi connectivity index (χ4n) is 4.20. The molecular formula is C23H32N2O3S. The molecular weight excluding hydrogens is 384 g/mol. The van der Waals surface area contributed by atoms with E-state index < -0.39 is 10.0 Å². The zero-order chi connectivity index (χ0) is 21.3. The second-order valence-electron chi connectivity index (χ2n) is 8.03. The summed E-state index contributed by atoms with van der Waals surface area (Å²) in [4.78, 5) is 2.75. The maximum atomic E-state index is 13.2. The third kappa shape index (κ3) is 4.28. The van der Waals surface area contributed by atoms with Crippen molar-refractivity contribution in [3.05, 3.63) is 52.1 Å². The molecule has 0 spiro atoms. The van der Waals surface area contributed by atoms with Crippen LogP contribution in [0.15, 0.2) is 29.2 Å². The van der Waals surface area contributed by atoms with Gasteiger partial charge in [-0.05, 0) is 99.5 Å². The Morgan fingerprint density at radius 2 is 1.34 bits per heavy atom. The van der Waals surface area contributed by atoms with E-state index in [0.29, 0.717) is 4.90 Å². The van der Waals surface area contributed by atoms with Gasteiger partial charge in [-0.1, -0.05) is 0 Å². The summed E-state index contributed by atoms with van der Waals surface area (Å²) in [6.07, 6.45) is 1.57. The number of benzene rings is 2. The molecule has 0 saturated carbocycles. The van der Waals surface area contributed by atoms with E-state index in [1.54, 1.807) is 7.11 Å². The molecule has 29 heavy (non-hydrogen) atoms. The first-order valence-corrected chi connectivity index (χ1v) is 11.6. The molecule has 158 valence electrons. The molecule has 0 radical (unpaired) electrons. The monoisotopic (exact) mass is 416 g/mol. The van der Waals surface area contributed by atoms with Crippen molar-refractivity contribution in [1.29, 1.82) is 0 Å². The van der Waals surface area contributed by atoms with E-state index in [2.05, 4.69) is 16.5 Å². The Balaban J connectivity index is 1.73. The summed E-state index contributed by atoms with van der Waals surface area (Å²) < 4.78 is 34.7. The van der Waals surface area contributed by atoms with Gasteiger partial charge in [-0.25, -0.2) is 13.1 Å². The normalized spacial score (nSPS) is 15.6. The van der Waals surface area contributed by atoms with Crippen LogP contribution >= 0.6 is 0 Å². The van der Waals surface area contributed by atoms with Crippen molar-refractivity contribution in [2.75, 3.05) is 25.1 Å². The molecule has 1 N–H and O–H groups in total. The van der Waals surface area contributed by atoms with E-state index in [4.69, 9.17) is 4.74 Å². The molecule has 0 bridgehead atoms. The maximum Gasteiger partial charge on any atom is 0.241 e. The second-order valence-corrected chi connectivity index (χ2v) is 9.69. The van der Waals surface area contributed by atoms with Crippen LogP contribution in [-0.4, -0.2) is 34.7 Å². The van der Waals surface area contributed by atoms with Crippen molar-refractivity contribution >= 4 is 15.7 Å². The first kappa shape index (κ1) is 21.7. The molecule has 3 rings (SSSR count). The van der Waals surface area contributed by atoms with Gasteiger partial charge in [0.25, 0.3) is 0 Å². The highest BCUT2D eigenvalue weighted by Crippen LogP contribution is 2.30. The summed E-state index contributed by atoms with van der Waals surface area (Å²) in [6.45, 7) is 11.5. The topological polar surface area (TPSA) is 58.6 Å². The van der Waals surface area contributed by atoms with Crippen molar-refractivity contribution in [2.24, 2.45) is 0 Å². The Morgan fingerprint density at radius 3 is 1.83 bits per heavy atom. The molecule has 1 aliphatic heterocycles. The lowest BCUT2D eigenvalue weighted by molar-refractivity contribution is 0.414. The lowest BCUT2D eigenvalue weighted by atomic mass is 9.95. The van der Waals surface area contributed by atoms with Gasteiger partial charge in [-0.2, -0.15) is 0 Å². The van der Waals surface area contributed by atoms with E-state index in [-0.39, 0.29) is 6.04 Å². The Bertz CT molecular complexity index is 961. The van der Waals surface area contributed by atoms with Gasteiger partial charge in [0.2, 0.25) is 10.0 Å². The molecule has 0 unspecified atom stereocenters. The predicted molar refractivity (Wildman–Crippen MR) is 119 cm³/mol. The summed E-state index contributed by atoms with van der Waals surface area (Å²) in [5, 5.41) is 0. The fraction of sp³-hybridized carbons (Fsp3) is 0.478. The molecule has 1 saturated heterocycles. The van der Waals surface area contributed by atoms with Crippen molar-refractivity contribution < 1.29 is 13.2 Å². The number of methoxy groups -OCH3 is 1. The van der Waals surface area contributed by atoms with Crippen LogP contribution in [0.4, 0.5) is 5.69 Å². The van der Waals surface area contributed by atoms with Crippen LogP contribution < -0.4 is 14.4 Å². The highest BCUT2D eigenvalue weighted by Gasteiger charge is 2.28. The number of piperidine rings is 1. The van der Waals surface area contributed by atoms with Crippen molar-refractivity contribution in [1.82, 2.24) is 4.72 Å². The van der Waals surface area contributed by atoms with E-state index in [1.165, 1.54) is 5.56 Å². The maximum absolute atomic E-state index is 13.2. The quantitative estimate of drug-likeness (QED) is 0.794. The van der Waals surface area contributed by atoms with Gasteiger partial charge in [0.05, 0.1) is 12.0 Å². The highest BCUT2D eigenvalue weighted by molar-refractivity contribution is 7.89. The van der Waals surface area contributed by atoms with Gasteiger partial charge < -0.3 is 9.64 Å². The SMILES string of the molecule is COc1ccc(N2CCC(NS(=O)(=O)c3c(C)c(C)c(C)c(C)c3C)CC2)cc1. The molecule has 5 nitrogen and oxygen atoms in total. The number of hydrogen-bond acceptors (Lipinski definition) is 4. The smallest absolute Gasteiger partial charge is 0.241 e.